The van der Waals surface area contributed by atoms with Crippen LogP contribution in [0.2, 0.25) is 0 Å². The molecule has 1 aromatic carbocycles. The zero-order valence-electron chi connectivity index (χ0n) is 24.8. The third-order valence-electron chi connectivity index (χ3n) is 7.61. The average Bonchev–Trinajstić information content (AvgIpc) is 3.01. The van der Waals surface area contributed by atoms with E-state index in [4.69, 9.17) is 10.5 Å². The predicted octanol–water partition coefficient (Wildman–Crippen LogP) is 1.87. The monoisotopic (exact) mass is 588 g/mol. The highest BCUT2D eigenvalue weighted by molar-refractivity contribution is 5.97. The number of nitrogens with one attached hydrogen (secondary N) is 1. The molecule has 2 aliphatic rings. The summed E-state index contributed by atoms with van der Waals surface area (Å²) in [5.41, 5.74) is 6.69. The number of esters is 1. The molecule has 0 saturated carbocycles. The van der Waals surface area contributed by atoms with Crippen molar-refractivity contribution >= 4 is 11.9 Å². The molecule has 9 nitrogen and oxygen atoms in total. The lowest BCUT2D eigenvalue weighted by molar-refractivity contribution is -0.160. The molecule has 9 heteroatoms. The van der Waals surface area contributed by atoms with E-state index in [1.54, 1.807) is 36.4 Å². The second-order valence-electron chi connectivity index (χ2n) is 11.5. The maximum absolute atomic E-state index is 13.4. The molecule has 43 heavy (non-hydrogen) atoms. The largest absolute Gasteiger partial charge is 0.463 e. The molecule has 1 aromatic rings. The van der Waals surface area contributed by atoms with Crippen LogP contribution in [0, 0.1) is 35.0 Å². The van der Waals surface area contributed by atoms with E-state index in [1.807, 2.05) is 19.1 Å². The minimum atomic E-state index is -1.91. The van der Waals surface area contributed by atoms with Gasteiger partial charge in [-0.3, -0.25) is 4.79 Å². The van der Waals surface area contributed by atoms with Gasteiger partial charge in [0.2, 0.25) is 5.91 Å². The number of ether oxygens (including phenoxy) is 1. The van der Waals surface area contributed by atoms with Crippen molar-refractivity contribution in [3.63, 3.8) is 0 Å². The highest BCUT2D eigenvalue weighted by atomic mass is 16.5. The minimum Gasteiger partial charge on any atom is -0.463 e. The number of benzene rings is 1. The lowest BCUT2D eigenvalue weighted by atomic mass is 9.85. The van der Waals surface area contributed by atoms with Crippen LogP contribution in [0.3, 0.4) is 0 Å². The van der Waals surface area contributed by atoms with Crippen molar-refractivity contribution in [2.75, 3.05) is 19.8 Å². The number of allylic oxidation sites excluding steroid dienone is 7. The molecule has 1 unspecified atom stereocenters. The van der Waals surface area contributed by atoms with Gasteiger partial charge in [0.25, 0.3) is 0 Å². The SMILES string of the molecule is CC1CC(C(=O)N[C@H](C(=O)OCC(C)(CO)CO)[C@@](C)(O)c2ccc(CO)cc2)=CC=C1C#CC#CC1=CC=C(N)CC1. The van der Waals surface area contributed by atoms with Crippen LogP contribution >= 0.6 is 0 Å². The summed E-state index contributed by atoms with van der Waals surface area (Å²) in [5.74, 6) is 10.2. The normalized spacial score (nSPS) is 18.5. The minimum absolute atomic E-state index is 0.0940. The number of carbonyl (C=O) groups is 2. The summed E-state index contributed by atoms with van der Waals surface area (Å²) in [6.07, 6.45) is 9.03. The fourth-order valence-electron chi connectivity index (χ4n) is 4.41. The molecule has 228 valence electrons. The molecular formula is C34H40N2O7. The van der Waals surface area contributed by atoms with Gasteiger partial charge < -0.3 is 36.2 Å². The van der Waals surface area contributed by atoms with E-state index < -0.39 is 42.1 Å². The van der Waals surface area contributed by atoms with Crippen molar-refractivity contribution in [3.8, 4) is 23.7 Å². The van der Waals surface area contributed by atoms with E-state index in [0.29, 0.717) is 23.1 Å². The number of carbonyl (C=O) groups excluding carboxylic acids is 2. The number of nitrogens with two attached hydrogens (primary N) is 1. The molecule has 3 rings (SSSR count). The summed E-state index contributed by atoms with van der Waals surface area (Å²) in [4.78, 5) is 26.7. The van der Waals surface area contributed by atoms with Crippen LogP contribution in [0.5, 0.6) is 0 Å². The quantitative estimate of drug-likeness (QED) is 0.178. The lowest BCUT2D eigenvalue weighted by Crippen LogP contribution is -2.55. The van der Waals surface area contributed by atoms with E-state index in [0.717, 1.165) is 29.7 Å². The summed E-state index contributed by atoms with van der Waals surface area (Å²) in [5, 5.41) is 42.7. The van der Waals surface area contributed by atoms with Crippen LogP contribution in [0.25, 0.3) is 0 Å². The Morgan fingerprint density at radius 3 is 2.28 bits per heavy atom. The zero-order valence-corrected chi connectivity index (χ0v) is 24.8. The topological polar surface area (TPSA) is 162 Å². The summed E-state index contributed by atoms with van der Waals surface area (Å²) >= 11 is 0. The lowest BCUT2D eigenvalue weighted by Gasteiger charge is -2.34. The van der Waals surface area contributed by atoms with Crippen LogP contribution < -0.4 is 11.1 Å². The maximum atomic E-state index is 13.4. The van der Waals surface area contributed by atoms with Gasteiger partial charge in [-0.05, 0) is 73.3 Å². The Morgan fingerprint density at radius 1 is 1.02 bits per heavy atom. The molecule has 1 amide bonds. The van der Waals surface area contributed by atoms with Gasteiger partial charge in [0, 0.05) is 27.8 Å². The molecule has 0 aliphatic heterocycles. The van der Waals surface area contributed by atoms with E-state index in [-0.39, 0.29) is 19.1 Å². The van der Waals surface area contributed by atoms with Crippen molar-refractivity contribution < 1.29 is 34.8 Å². The van der Waals surface area contributed by atoms with Gasteiger partial charge in [-0.2, -0.15) is 0 Å². The molecule has 0 spiro atoms. The number of amides is 1. The fraction of sp³-hybridized carbons (Fsp3) is 0.412. The maximum Gasteiger partial charge on any atom is 0.332 e. The van der Waals surface area contributed by atoms with Crippen molar-refractivity contribution in [1.82, 2.24) is 5.32 Å². The zero-order chi connectivity index (χ0) is 31.6. The summed E-state index contributed by atoms with van der Waals surface area (Å²) in [7, 11) is 0. The Bertz CT molecular complexity index is 1440. The van der Waals surface area contributed by atoms with Crippen molar-refractivity contribution in [2.24, 2.45) is 17.1 Å². The molecule has 0 bridgehead atoms. The number of aliphatic hydroxyl groups is 4. The van der Waals surface area contributed by atoms with Crippen LogP contribution in [-0.4, -0.2) is 58.2 Å². The standard InChI is InChI=1S/C34H40N2O7/c1-23-18-27(13-12-26(23)7-5-4-6-24-10-16-29(35)17-11-24)31(40)36-30(32(41)43-22-33(2,20-38)21-39)34(3,42)28-14-8-25(19-37)9-15-28/h8-10,12-16,23,30,37-39,42H,11,17-22,35H2,1-3H3,(H,36,40)/t23?,30-,34+/m1/s1. The van der Waals surface area contributed by atoms with Gasteiger partial charge in [-0.1, -0.05) is 56.0 Å². The molecule has 2 aliphatic carbocycles. The van der Waals surface area contributed by atoms with Crippen molar-refractivity contribution in [1.29, 1.82) is 0 Å². The second kappa shape index (κ2) is 14.9. The first-order valence-electron chi connectivity index (χ1n) is 14.1. The number of hydrogen-bond acceptors (Lipinski definition) is 8. The summed E-state index contributed by atoms with van der Waals surface area (Å²) < 4.78 is 5.38. The molecule has 0 fully saturated rings. The van der Waals surface area contributed by atoms with Crippen LogP contribution in [-0.2, 0) is 26.5 Å². The van der Waals surface area contributed by atoms with E-state index >= 15 is 0 Å². The molecule has 0 heterocycles. The highest BCUT2D eigenvalue weighted by Crippen LogP contribution is 2.29. The summed E-state index contributed by atoms with van der Waals surface area (Å²) in [6.45, 7) is 3.44. The number of hydrogen-bond donors (Lipinski definition) is 6. The smallest absolute Gasteiger partial charge is 0.332 e. The number of aliphatic hydroxyl groups excluding tert-OH is 3. The van der Waals surface area contributed by atoms with Crippen LogP contribution in [0.15, 0.2) is 71.0 Å². The van der Waals surface area contributed by atoms with E-state index in [1.165, 1.54) is 13.8 Å². The van der Waals surface area contributed by atoms with Gasteiger partial charge in [0.05, 0.1) is 19.8 Å². The first kappa shape index (κ1) is 33.4. The Labute approximate surface area is 252 Å². The molecule has 7 N–H and O–H groups in total. The average molecular weight is 589 g/mol. The summed E-state index contributed by atoms with van der Waals surface area (Å²) in [6, 6.07) is 4.78. The third kappa shape index (κ3) is 8.93. The number of rotatable bonds is 10. The van der Waals surface area contributed by atoms with E-state index in [2.05, 4.69) is 29.0 Å². The Balaban J connectivity index is 1.81. The van der Waals surface area contributed by atoms with Crippen LogP contribution in [0.4, 0.5) is 0 Å². The molecule has 3 atom stereocenters. The van der Waals surface area contributed by atoms with Crippen molar-refractivity contribution in [3.05, 3.63) is 82.1 Å². The van der Waals surface area contributed by atoms with Gasteiger partial charge in [-0.15, -0.1) is 0 Å². The fourth-order valence-corrected chi connectivity index (χ4v) is 4.41. The predicted molar refractivity (Wildman–Crippen MR) is 162 cm³/mol. The van der Waals surface area contributed by atoms with Crippen LogP contribution in [0.1, 0.15) is 51.2 Å². The van der Waals surface area contributed by atoms with Gasteiger partial charge in [-0.25, -0.2) is 4.79 Å². The molecule has 0 saturated heterocycles. The molecule has 0 aromatic heterocycles. The Kier molecular flexibility index (Phi) is 11.5. The van der Waals surface area contributed by atoms with Gasteiger partial charge >= 0.3 is 5.97 Å². The molecule has 0 radical (unpaired) electrons. The van der Waals surface area contributed by atoms with Gasteiger partial charge in [0.15, 0.2) is 6.04 Å². The first-order chi connectivity index (χ1) is 20.4. The Hall–Kier alpha value is -4.12. The Morgan fingerprint density at radius 2 is 1.70 bits per heavy atom. The first-order valence-corrected chi connectivity index (χ1v) is 14.1. The highest BCUT2D eigenvalue weighted by Gasteiger charge is 2.42. The van der Waals surface area contributed by atoms with E-state index in [9.17, 15) is 30.0 Å². The van der Waals surface area contributed by atoms with Gasteiger partial charge in [0.1, 0.15) is 12.2 Å². The third-order valence-corrected chi connectivity index (χ3v) is 7.61. The van der Waals surface area contributed by atoms with Crippen molar-refractivity contribution in [2.45, 2.75) is 58.3 Å². The second-order valence-corrected chi connectivity index (χ2v) is 11.5. The molecular weight excluding hydrogens is 548 g/mol.